The van der Waals surface area contributed by atoms with E-state index < -0.39 is 0 Å². The maximum atomic E-state index is 3.92. The number of nitrogens with zero attached hydrogens (tertiary/aromatic N) is 1. The zero-order valence-electron chi connectivity index (χ0n) is 12.6. The lowest BCUT2D eigenvalue weighted by Gasteiger charge is -2.35. The Hall–Kier alpha value is -0.0800. The number of likely N-dealkylation sites (tertiary alicyclic amines) is 1. The van der Waals surface area contributed by atoms with Crippen LogP contribution >= 0.6 is 0 Å². The van der Waals surface area contributed by atoms with E-state index in [1.165, 1.54) is 58.0 Å². The molecule has 1 saturated heterocycles. The van der Waals surface area contributed by atoms with Gasteiger partial charge in [-0.25, -0.2) is 0 Å². The average molecular weight is 252 g/mol. The monoisotopic (exact) mass is 252 g/mol. The first-order chi connectivity index (χ1) is 8.72. The van der Waals surface area contributed by atoms with Crippen LogP contribution in [0.2, 0.25) is 0 Å². The molecule has 1 saturated carbocycles. The van der Waals surface area contributed by atoms with Crippen molar-refractivity contribution in [3.63, 3.8) is 0 Å². The third kappa shape index (κ3) is 4.24. The van der Waals surface area contributed by atoms with E-state index >= 15 is 0 Å². The molecule has 0 radical (unpaired) electrons. The summed E-state index contributed by atoms with van der Waals surface area (Å²) in [5.74, 6) is 0.869. The first kappa shape index (κ1) is 14.3. The van der Waals surface area contributed by atoms with E-state index in [0.717, 1.165) is 24.0 Å². The zero-order valence-corrected chi connectivity index (χ0v) is 12.6. The molecule has 1 N–H and O–H groups in total. The van der Waals surface area contributed by atoms with Gasteiger partial charge in [-0.2, -0.15) is 0 Å². The summed E-state index contributed by atoms with van der Waals surface area (Å²) in [4.78, 5) is 2.72. The number of rotatable bonds is 7. The summed E-state index contributed by atoms with van der Waals surface area (Å²) in [7, 11) is 0. The molecule has 0 aromatic rings. The Morgan fingerprint density at radius 1 is 1.06 bits per heavy atom. The highest BCUT2D eigenvalue weighted by Crippen LogP contribution is 2.29. The van der Waals surface area contributed by atoms with E-state index in [-0.39, 0.29) is 0 Å². The van der Waals surface area contributed by atoms with Crippen molar-refractivity contribution in [2.75, 3.05) is 13.1 Å². The van der Waals surface area contributed by atoms with Crippen molar-refractivity contribution in [1.29, 1.82) is 0 Å². The Bertz CT molecular complexity index is 229. The first-order valence-electron chi connectivity index (χ1n) is 8.23. The molecule has 2 heteroatoms. The minimum absolute atomic E-state index is 0.748. The van der Waals surface area contributed by atoms with Crippen LogP contribution in [0.15, 0.2) is 0 Å². The molecular formula is C16H32N2. The molecule has 2 fully saturated rings. The Balaban J connectivity index is 1.68. The van der Waals surface area contributed by atoms with Crippen LogP contribution in [0.4, 0.5) is 0 Å². The topological polar surface area (TPSA) is 15.3 Å². The van der Waals surface area contributed by atoms with Gasteiger partial charge in [0, 0.05) is 18.1 Å². The quantitative estimate of drug-likeness (QED) is 0.747. The van der Waals surface area contributed by atoms with Crippen molar-refractivity contribution >= 4 is 0 Å². The molecule has 1 aliphatic carbocycles. The van der Waals surface area contributed by atoms with E-state index in [0.29, 0.717) is 0 Å². The molecule has 1 heterocycles. The highest BCUT2D eigenvalue weighted by Gasteiger charge is 2.32. The van der Waals surface area contributed by atoms with Crippen molar-refractivity contribution in [2.24, 2.45) is 5.92 Å². The number of hydrogen-bond donors (Lipinski definition) is 1. The lowest BCUT2D eigenvalue weighted by Crippen LogP contribution is -2.47. The molecule has 0 bridgehead atoms. The SMILES string of the molecule is CCC(C)CC(CC)NC1CCN(C2CC2)CC1. The van der Waals surface area contributed by atoms with E-state index in [9.17, 15) is 0 Å². The predicted molar refractivity (Wildman–Crippen MR) is 78.9 cm³/mol. The molecule has 0 amide bonds. The van der Waals surface area contributed by atoms with Gasteiger partial charge in [0.05, 0.1) is 0 Å². The Morgan fingerprint density at radius 3 is 2.22 bits per heavy atom. The van der Waals surface area contributed by atoms with E-state index in [4.69, 9.17) is 0 Å². The van der Waals surface area contributed by atoms with Gasteiger partial charge in [-0.1, -0.05) is 27.2 Å². The minimum atomic E-state index is 0.748. The van der Waals surface area contributed by atoms with Crippen LogP contribution in [-0.2, 0) is 0 Å². The summed E-state index contributed by atoms with van der Waals surface area (Å²) >= 11 is 0. The molecule has 2 nitrogen and oxygen atoms in total. The highest BCUT2D eigenvalue weighted by molar-refractivity contribution is 4.89. The van der Waals surface area contributed by atoms with Gasteiger partial charge in [-0.05, 0) is 57.5 Å². The van der Waals surface area contributed by atoms with Crippen LogP contribution in [-0.4, -0.2) is 36.1 Å². The fourth-order valence-corrected chi connectivity index (χ4v) is 3.21. The van der Waals surface area contributed by atoms with E-state index in [2.05, 4.69) is 31.0 Å². The maximum Gasteiger partial charge on any atom is 0.00964 e. The van der Waals surface area contributed by atoms with Crippen LogP contribution in [0.1, 0.15) is 65.7 Å². The van der Waals surface area contributed by atoms with Crippen molar-refractivity contribution in [3.05, 3.63) is 0 Å². The lowest BCUT2D eigenvalue weighted by molar-refractivity contribution is 0.178. The lowest BCUT2D eigenvalue weighted by atomic mass is 9.95. The molecule has 1 aliphatic heterocycles. The predicted octanol–water partition coefficient (Wildman–Crippen LogP) is 3.42. The summed E-state index contributed by atoms with van der Waals surface area (Å²) in [5, 5.41) is 3.92. The van der Waals surface area contributed by atoms with Crippen LogP contribution < -0.4 is 5.32 Å². The number of nitrogens with one attached hydrogen (secondary N) is 1. The molecule has 18 heavy (non-hydrogen) atoms. The Labute approximate surface area is 114 Å². The number of hydrogen-bond acceptors (Lipinski definition) is 2. The smallest absolute Gasteiger partial charge is 0.00964 e. The fraction of sp³-hybridized carbons (Fsp3) is 1.00. The molecule has 2 unspecified atom stereocenters. The molecule has 2 aliphatic rings. The second-order valence-electron chi connectivity index (χ2n) is 6.56. The van der Waals surface area contributed by atoms with Gasteiger partial charge in [0.2, 0.25) is 0 Å². The maximum absolute atomic E-state index is 3.92. The second-order valence-corrected chi connectivity index (χ2v) is 6.56. The van der Waals surface area contributed by atoms with Crippen LogP contribution in [0.25, 0.3) is 0 Å². The summed E-state index contributed by atoms with van der Waals surface area (Å²) in [5.41, 5.74) is 0. The molecule has 106 valence electrons. The zero-order chi connectivity index (χ0) is 13.0. The van der Waals surface area contributed by atoms with Crippen molar-refractivity contribution in [3.8, 4) is 0 Å². The van der Waals surface area contributed by atoms with Gasteiger partial charge >= 0.3 is 0 Å². The van der Waals surface area contributed by atoms with Gasteiger partial charge in [0.1, 0.15) is 0 Å². The highest BCUT2D eigenvalue weighted by atomic mass is 15.2. The fourth-order valence-electron chi connectivity index (χ4n) is 3.21. The first-order valence-corrected chi connectivity index (χ1v) is 8.23. The number of piperidine rings is 1. The van der Waals surface area contributed by atoms with Crippen molar-refractivity contribution in [2.45, 2.75) is 83.8 Å². The third-order valence-corrected chi connectivity index (χ3v) is 4.94. The van der Waals surface area contributed by atoms with Crippen molar-refractivity contribution < 1.29 is 0 Å². The summed E-state index contributed by atoms with van der Waals surface area (Å²) in [6, 6.07) is 2.50. The van der Waals surface area contributed by atoms with Crippen LogP contribution in [0.5, 0.6) is 0 Å². The standard InChI is InChI=1S/C16H32N2/c1-4-13(3)12-14(5-2)17-15-8-10-18(11-9-15)16-6-7-16/h13-17H,4-12H2,1-3H3. The van der Waals surface area contributed by atoms with Gasteiger partial charge in [0.15, 0.2) is 0 Å². The second kappa shape index (κ2) is 6.91. The van der Waals surface area contributed by atoms with Gasteiger partial charge in [0.25, 0.3) is 0 Å². The third-order valence-electron chi connectivity index (χ3n) is 4.94. The van der Waals surface area contributed by atoms with E-state index in [1.807, 2.05) is 0 Å². The largest absolute Gasteiger partial charge is 0.311 e. The van der Waals surface area contributed by atoms with E-state index in [1.54, 1.807) is 0 Å². The van der Waals surface area contributed by atoms with Crippen LogP contribution in [0, 0.1) is 5.92 Å². The molecule has 2 atom stereocenters. The molecule has 0 spiro atoms. The normalized spacial score (nSPS) is 26.2. The summed E-state index contributed by atoms with van der Waals surface area (Å²) in [6.45, 7) is 9.70. The van der Waals surface area contributed by atoms with Crippen LogP contribution in [0.3, 0.4) is 0 Å². The average Bonchev–Trinajstić information content (AvgIpc) is 3.23. The van der Waals surface area contributed by atoms with Crippen molar-refractivity contribution in [1.82, 2.24) is 10.2 Å². The van der Waals surface area contributed by atoms with Gasteiger partial charge in [-0.3, -0.25) is 0 Å². The molecule has 0 aromatic heterocycles. The van der Waals surface area contributed by atoms with Gasteiger partial charge < -0.3 is 10.2 Å². The molecular weight excluding hydrogens is 220 g/mol. The Morgan fingerprint density at radius 2 is 1.72 bits per heavy atom. The summed E-state index contributed by atoms with van der Waals surface area (Å²) < 4.78 is 0. The van der Waals surface area contributed by atoms with Gasteiger partial charge in [-0.15, -0.1) is 0 Å². The Kier molecular flexibility index (Phi) is 5.50. The minimum Gasteiger partial charge on any atom is -0.311 e. The molecule has 2 rings (SSSR count). The summed E-state index contributed by atoms with van der Waals surface area (Å²) in [6.07, 6.45) is 9.62. The molecule has 0 aromatic carbocycles.